The van der Waals surface area contributed by atoms with Crippen LogP contribution in [0.5, 0.6) is 0 Å². The van der Waals surface area contributed by atoms with E-state index in [1.165, 1.54) is 46.0 Å². The number of anilines is 2. The van der Waals surface area contributed by atoms with Crippen molar-refractivity contribution in [3.8, 4) is 0 Å². The second-order valence-electron chi connectivity index (χ2n) is 4.95. The number of rotatable bonds is 5. The summed E-state index contributed by atoms with van der Waals surface area (Å²) < 4.78 is 26.8. The van der Waals surface area contributed by atoms with Gasteiger partial charge in [-0.25, -0.2) is 4.98 Å². The number of aromatic nitrogens is 1. The Kier molecular flexibility index (Phi) is 4.26. The van der Waals surface area contributed by atoms with Crippen LogP contribution in [0.1, 0.15) is 25.7 Å². The predicted molar refractivity (Wildman–Crippen MR) is 76.3 cm³/mol. The Hall–Kier alpha value is -1.34. The summed E-state index contributed by atoms with van der Waals surface area (Å²) in [6.45, 7) is 0. The van der Waals surface area contributed by atoms with Crippen LogP contribution >= 0.6 is 0 Å². The molecule has 106 valence electrons. The van der Waals surface area contributed by atoms with Gasteiger partial charge >= 0.3 is 10.2 Å². The van der Waals surface area contributed by atoms with Gasteiger partial charge in [0.15, 0.2) is 0 Å². The molecule has 1 aromatic rings. The SMILES string of the molecule is CN(C)S(=O)(=O)Nc1ccc(NC2CCCC2)nc1. The zero-order valence-electron chi connectivity index (χ0n) is 11.3. The lowest BCUT2D eigenvalue weighted by atomic mass is 10.2. The molecule has 1 fully saturated rings. The molecule has 7 heteroatoms. The molecule has 1 saturated carbocycles. The maximum absolute atomic E-state index is 11.6. The van der Waals surface area contributed by atoms with E-state index in [4.69, 9.17) is 0 Å². The molecule has 1 heterocycles. The third kappa shape index (κ3) is 3.81. The molecule has 2 N–H and O–H groups in total. The van der Waals surface area contributed by atoms with Gasteiger partial charge in [-0.1, -0.05) is 12.8 Å². The van der Waals surface area contributed by atoms with Crippen molar-refractivity contribution in [2.24, 2.45) is 0 Å². The fourth-order valence-electron chi connectivity index (χ4n) is 2.06. The molecule has 1 aromatic heterocycles. The number of nitrogens with one attached hydrogen (secondary N) is 2. The molecule has 2 rings (SSSR count). The highest BCUT2D eigenvalue weighted by atomic mass is 32.2. The van der Waals surface area contributed by atoms with Crippen LogP contribution in [0, 0.1) is 0 Å². The summed E-state index contributed by atoms with van der Waals surface area (Å²) in [5, 5.41) is 3.35. The number of hydrogen-bond donors (Lipinski definition) is 2. The van der Waals surface area contributed by atoms with Crippen LogP contribution in [0.3, 0.4) is 0 Å². The summed E-state index contributed by atoms with van der Waals surface area (Å²) in [6.07, 6.45) is 6.41. The van der Waals surface area contributed by atoms with Crippen molar-refractivity contribution in [2.45, 2.75) is 31.7 Å². The third-order valence-electron chi connectivity index (χ3n) is 3.20. The van der Waals surface area contributed by atoms with Gasteiger partial charge in [-0.2, -0.15) is 12.7 Å². The van der Waals surface area contributed by atoms with Crippen LogP contribution < -0.4 is 10.0 Å². The first kappa shape index (κ1) is 14.1. The molecular weight excluding hydrogens is 264 g/mol. The average molecular weight is 284 g/mol. The minimum absolute atomic E-state index is 0.464. The first-order chi connectivity index (χ1) is 8.97. The Bertz CT molecular complexity index is 507. The van der Waals surface area contributed by atoms with Crippen LogP contribution in [-0.4, -0.2) is 37.8 Å². The van der Waals surface area contributed by atoms with Gasteiger partial charge in [-0.15, -0.1) is 0 Å². The van der Waals surface area contributed by atoms with E-state index >= 15 is 0 Å². The summed E-state index contributed by atoms with van der Waals surface area (Å²) in [7, 11) is -0.508. The molecular formula is C12H20N4O2S. The van der Waals surface area contributed by atoms with E-state index in [9.17, 15) is 8.42 Å². The average Bonchev–Trinajstić information content (AvgIpc) is 2.84. The first-order valence-corrected chi connectivity index (χ1v) is 7.84. The third-order valence-corrected chi connectivity index (χ3v) is 4.65. The smallest absolute Gasteiger partial charge is 0.301 e. The molecule has 0 amide bonds. The van der Waals surface area contributed by atoms with Crippen molar-refractivity contribution in [2.75, 3.05) is 24.1 Å². The molecule has 6 nitrogen and oxygen atoms in total. The van der Waals surface area contributed by atoms with Gasteiger partial charge in [-0.05, 0) is 25.0 Å². The van der Waals surface area contributed by atoms with E-state index in [-0.39, 0.29) is 0 Å². The van der Waals surface area contributed by atoms with E-state index in [1.807, 2.05) is 0 Å². The second kappa shape index (κ2) is 5.75. The van der Waals surface area contributed by atoms with Crippen molar-refractivity contribution in [1.29, 1.82) is 0 Å². The Morgan fingerprint density at radius 2 is 1.95 bits per heavy atom. The summed E-state index contributed by atoms with van der Waals surface area (Å²) in [5.41, 5.74) is 0.464. The highest BCUT2D eigenvalue weighted by molar-refractivity contribution is 7.90. The van der Waals surface area contributed by atoms with Crippen molar-refractivity contribution in [1.82, 2.24) is 9.29 Å². The van der Waals surface area contributed by atoms with Gasteiger partial charge in [0.2, 0.25) is 0 Å². The molecule has 0 bridgehead atoms. The van der Waals surface area contributed by atoms with Gasteiger partial charge in [-0.3, -0.25) is 4.72 Å². The normalized spacial score (nSPS) is 16.8. The Labute approximate surface area is 114 Å². The van der Waals surface area contributed by atoms with Gasteiger partial charge in [0.1, 0.15) is 5.82 Å². The van der Waals surface area contributed by atoms with Gasteiger partial charge in [0.05, 0.1) is 11.9 Å². The van der Waals surface area contributed by atoms with Crippen LogP contribution in [0.2, 0.25) is 0 Å². The lowest BCUT2D eigenvalue weighted by molar-refractivity contribution is 0.527. The Morgan fingerprint density at radius 1 is 1.26 bits per heavy atom. The first-order valence-electron chi connectivity index (χ1n) is 6.40. The molecule has 0 aliphatic heterocycles. The van der Waals surface area contributed by atoms with Crippen LogP contribution in [-0.2, 0) is 10.2 Å². The maximum atomic E-state index is 11.6. The quantitative estimate of drug-likeness (QED) is 0.862. The summed E-state index contributed by atoms with van der Waals surface area (Å²) in [4.78, 5) is 4.23. The van der Waals surface area contributed by atoms with E-state index in [1.54, 1.807) is 12.1 Å². The topological polar surface area (TPSA) is 74.3 Å². The Balaban J connectivity index is 1.98. The van der Waals surface area contributed by atoms with Gasteiger partial charge in [0, 0.05) is 20.1 Å². The van der Waals surface area contributed by atoms with E-state index in [0.717, 1.165) is 10.1 Å². The van der Waals surface area contributed by atoms with Crippen molar-refractivity contribution >= 4 is 21.7 Å². The number of nitrogens with zero attached hydrogens (tertiary/aromatic N) is 2. The van der Waals surface area contributed by atoms with Crippen molar-refractivity contribution in [3.05, 3.63) is 18.3 Å². The van der Waals surface area contributed by atoms with Crippen LogP contribution in [0.25, 0.3) is 0 Å². The van der Waals surface area contributed by atoms with E-state index < -0.39 is 10.2 Å². The fourth-order valence-corrected chi connectivity index (χ4v) is 2.66. The zero-order chi connectivity index (χ0) is 13.9. The maximum Gasteiger partial charge on any atom is 0.301 e. The monoisotopic (exact) mass is 284 g/mol. The Morgan fingerprint density at radius 3 is 2.47 bits per heavy atom. The largest absolute Gasteiger partial charge is 0.367 e. The number of pyridine rings is 1. The van der Waals surface area contributed by atoms with Crippen LogP contribution in [0.15, 0.2) is 18.3 Å². The minimum atomic E-state index is -3.46. The summed E-state index contributed by atoms with van der Waals surface area (Å²) in [6, 6.07) is 4.01. The van der Waals surface area contributed by atoms with E-state index in [0.29, 0.717) is 11.7 Å². The van der Waals surface area contributed by atoms with Gasteiger partial charge in [0.25, 0.3) is 0 Å². The highest BCUT2D eigenvalue weighted by Crippen LogP contribution is 2.22. The highest BCUT2D eigenvalue weighted by Gasteiger charge is 2.15. The summed E-state index contributed by atoms with van der Waals surface area (Å²) >= 11 is 0. The molecule has 0 radical (unpaired) electrons. The molecule has 19 heavy (non-hydrogen) atoms. The lowest BCUT2D eigenvalue weighted by Crippen LogP contribution is -2.29. The van der Waals surface area contributed by atoms with Crippen LogP contribution in [0.4, 0.5) is 11.5 Å². The van der Waals surface area contributed by atoms with Crippen molar-refractivity contribution < 1.29 is 8.42 Å². The minimum Gasteiger partial charge on any atom is -0.367 e. The van der Waals surface area contributed by atoms with E-state index in [2.05, 4.69) is 15.0 Å². The molecule has 0 aromatic carbocycles. The van der Waals surface area contributed by atoms with Crippen molar-refractivity contribution in [3.63, 3.8) is 0 Å². The molecule has 0 unspecified atom stereocenters. The molecule has 0 atom stereocenters. The molecule has 0 spiro atoms. The number of hydrogen-bond acceptors (Lipinski definition) is 4. The lowest BCUT2D eigenvalue weighted by Gasteiger charge is -2.15. The van der Waals surface area contributed by atoms with Gasteiger partial charge < -0.3 is 5.32 Å². The standard InChI is InChI=1S/C12H20N4O2S/c1-16(2)19(17,18)15-11-7-8-12(13-9-11)14-10-5-3-4-6-10/h7-10,15H,3-6H2,1-2H3,(H,13,14). The zero-order valence-corrected chi connectivity index (χ0v) is 12.1. The molecule has 0 saturated heterocycles. The molecule has 1 aliphatic rings. The molecule has 1 aliphatic carbocycles. The fraction of sp³-hybridized carbons (Fsp3) is 0.583. The predicted octanol–water partition coefficient (Wildman–Crippen LogP) is 1.65. The summed E-state index contributed by atoms with van der Waals surface area (Å²) in [5.74, 6) is 0.791. The second-order valence-corrected chi connectivity index (χ2v) is 6.83.